The van der Waals surface area contributed by atoms with E-state index in [0.29, 0.717) is 19.3 Å². The highest BCUT2D eigenvalue weighted by Crippen LogP contribution is 1.95. The highest BCUT2D eigenvalue weighted by Gasteiger charge is 2.06. The first-order chi connectivity index (χ1) is 12.7. The molecule has 27 heavy (non-hydrogen) atoms. The van der Waals surface area contributed by atoms with E-state index in [2.05, 4.69) is 65.4 Å². The van der Waals surface area contributed by atoms with Gasteiger partial charge in [0.1, 0.15) is 8.07 Å². The van der Waals surface area contributed by atoms with Crippen LogP contribution in [0.4, 0.5) is 0 Å². The minimum Gasteiger partial charge on any atom is -0.478 e. The summed E-state index contributed by atoms with van der Waals surface area (Å²) in [6.45, 7) is 6.54. The average Bonchev–Trinajstić information content (AvgIpc) is 2.59. The lowest BCUT2D eigenvalue weighted by Crippen LogP contribution is -2.16. The SMILES string of the molecule is C#CC#CCC/C=C/C(=O)O.COC(=O)/C=C/CCC#CC#C[Si](C)(C)C. The molecule has 0 spiro atoms. The molecule has 142 valence electrons. The smallest absolute Gasteiger partial charge is 0.330 e. The lowest BCUT2D eigenvalue weighted by molar-refractivity contribution is -0.135. The summed E-state index contributed by atoms with van der Waals surface area (Å²) < 4.78 is 4.45. The number of rotatable bonds is 6. The Bertz CT molecular complexity index is 742. The molecule has 0 aliphatic rings. The number of esters is 1. The van der Waals surface area contributed by atoms with Gasteiger partial charge in [-0.05, 0) is 36.5 Å². The molecule has 0 bridgehead atoms. The van der Waals surface area contributed by atoms with Crippen LogP contribution in [0.15, 0.2) is 24.3 Å². The average molecular weight is 383 g/mol. The van der Waals surface area contributed by atoms with Crippen LogP contribution in [0.5, 0.6) is 0 Å². The van der Waals surface area contributed by atoms with Crippen molar-refractivity contribution in [3.05, 3.63) is 24.3 Å². The van der Waals surface area contributed by atoms with Crippen LogP contribution in [-0.4, -0.2) is 32.2 Å². The number of hydrogen-bond donors (Lipinski definition) is 1. The fraction of sp³-hybridized carbons (Fsp3) is 0.364. The number of aliphatic carboxylic acids is 1. The van der Waals surface area contributed by atoms with E-state index in [1.807, 2.05) is 0 Å². The molecule has 0 saturated carbocycles. The summed E-state index contributed by atoms with van der Waals surface area (Å²) in [5.74, 6) is 14.6. The molecule has 0 heterocycles. The minimum absolute atomic E-state index is 0.327. The maximum absolute atomic E-state index is 10.7. The molecule has 0 rings (SSSR count). The predicted octanol–water partition coefficient (Wildman–Crippen LogP) is 3.42. The first-order valence-electron chi connectivity index (χ1n) is 8.30. The Morgan fingerprint density at radius 3 is 2.04 bits per heavy atom. The summed E-state index contributed by atoms with van der Waals surface area (Å²) in [5, 5.41) is 8.16. The lowest BCUT2D eigenvalue weighted by atomic mass is 10.3. The maximum atomic E-state index is 10.7. The summed E-state index contributed by atoms with van der Waals surface area (Å²) in [7, 11) is 0.0684. The van der Waals surface area contributed by atoms with E-state index < -0.39 is 14.0 Å². The Morgan fingerprint density at radius 1 is 1.00 bits per heavy atom. The predicted molar refractivity (Wildman–Crippen MR) is 112 cm³/mol. The van der Waals surface area contributed by atoms with Crippen LogP contribution in [0.1, 0.15) is 25.7 Å². The van der Waals surface area contributed by atoms with Crippen LogP contribution >= 0.6 is 0 Å². The standard InChI is InChI=1S/C13H18O2Si.C9H8O2/c1-15-13(14)11-9-7-5-6-8-10-12-16(2,3)4;1-2-3-4-5-6-7-8-9(10)11/h9,11H,5,7H2,1-4H3;1,7-8H,5-6H2,(H,10,11)/b11-9+;8-7+. The largest absolute Gasteiger partial charge is 0.478 e. The van der Waals surface area contributed by atoms with Crippen LogP contribution in [0, 0.1) is 47.5 Å². The van der Waals surface area contributed by atoms with Gasteiger partial charge >= 0.3 is 11.9 Å². The zero-order valence-corrected chi connectivity index (χ0v) is 17.4. The van der Waals surface area contributed by atoms with Crippen molar-refractivity contribution in [2.75, 3.05) is 7.11 Å². The molecule has 0 aromatic rings. The van der Waals surface area contributed by atoms with Gasteiger partial charge in [-0.3, -0.25) is 0 Å². The number of terminal acetylenes is 1. The molecule has 0 aromatic carbocycles. The molecule has 0 aliphatic carbocycles. The molecule has 5 heteroatoms. The van der Waals surface area contributed by atoms with Crippen molar-refractivity contribution in [2.45, 2.75) is 45.3 Å². The molecule has 0 fully saturated rings. The van der Waals surface area contributed by atoms with E-state index in [-0.39, 0.29) is 5.97 Å². The number of ether oxygens (including phenoxy) is 1. The second kappa shape index (κ2) is 17.7. The first kappa shape index (κ1) is 26.1. The number of carboxylic acid groups (broad SMARTS) is 1. The molecule has 0 atom stereocenters. The highest BCUT2D eigenvalue weighted by molar-refractivity contribution is 6.83. The normalized spacial score (nSPS) is 9.30. The quantitative estimate of drug-likeness (QED) is 0.251. The van der Waals surface area contributed by atoms with Crippen molar-refractivity contribution in [3.8, 4) is 47.5 Å². The Hall–Kier alpha value is -3.12. The molecule has 0 unspecified atom stereocenters. The summed E-state index contributed by atoms with van der Waals surface area (Å²) in [6, 6.07) is 0. The zero-order valence-electron chi connectivity index (χ0n) is 16.4. The van der Waals surface area contributed by atoms with E-state index in [1.165, 1.54) is 13.2 Å². The summed E-state index contributed by atoms with van der Waals surface area (Å²) in [5.41, 5.74) is 3.16. The summed E-state index contributed by atoms with van der Waals surface area (Å²) in [4.78, 5) is 20.6. The third-order valence-corrected chi connectivity index (χ3v) is 3.21. The van der Waals surface area contributed by atoms with Gasteiger partial charge in [0.15, 0.2) is 0 Å². The second-order valence-corrected chi connectivity index (χ2v) is 10.7. The van der Waals surface area contributed by atoms with Gasteiger partial charge in [0, 0.05) is 25.0 Å². The number of methoxy groups -OCH3 is 1. The topological polar surface area (TPSA) is 63.6 Å². The monoisotopic (exact) mass is 382 g/mol. The van der Waals surface area contributed by atoms with Crippen LogP contribution in [0.2, 0.25) is 19.6 Å². The van der Waals surface area contributed by atoms with Gasteiger partial charge in [-0.1, -0.05) is 43.6 Å². The molecule has 0 aromatic heterocycles. The number of allylic oxidation sites excluding steroid dienone is 2. The molecule has 0 aliphatic heterocycles. The van der Waals surface area contributed by atoms with Crippen molar-refractivity contribution in [2.24, 2.45) is 0 Å². The molecule has 1 N–H and O–H groups in total. The van der Waals surface area contributed by atoms with Gasteiger partial charge in [0.2, 0.25) is 0 Å². The Morgan fingerprint density at radius 2 is 1.56 bits per heavy atom. The van der Waals surface area contributed by atoms with Crippen molar-refractivity contribution in [1.29, 1.82) is 0 Å². The number of carbonyl (C=O) groups excluding carboxylic acids is 1. The summed E-state index contributed by atoms with van der Waals surface area (Å²) in [6.07, 6.45) is 13.4. The highest BCUT2D eigenvalue weighted by atomic mass is 28.3. The molecular formula is C22H26O4Si. The van der Waals surface area contributed by atoms with Crippen LogP contribution in [-0.2, 0) is 14.3 Å². The Balaban J connectivity index is 0. The Labute approximate surface area is 164 Å². The molecular weight excluding hydrogens is 356 g/mol. The second-order valence-electron chi connectivity index (χ2n) is 5.99. The zero-order chi connectivity index (χ0) is 21.0. The fourth-order valence-electron chi connectivity index (χ4n) is 1.18. The van der Waals surface area contributed by atoms with Crippen LogP contribution in [0.3, 0.4) is 0 Å². The minimum atomic E-state index is -1.29. The van der Waals surface area contributed by atoms with Gasteiger partial charge < -0.3 is 9.84 Å². The number of carbonyl (C=O) groups is 2. The van der Waals surface area contributed by atoms with E-state index in [9.17, 15) is 9.59 Å². The maximum Gasteiger partial charge on any atom is 0.330 e. The van der Waals surface area contributed by atoms with Gasteiger partial charge in [-0.15, -0.1) is 12.0 Å². The summed E-state index contributed by atoms with van der Waals surface area (Å²) >= 11 is 0. The van der Waals surface area contributed by atoms with E-state index >= 15 is 0 Å². The Kier molecular flexibility index (Phi) is 17.1. The van der Waals surface area contributed by atoms with Gasteiger partial charge in [-0.2, -0.15) is 0 Å². The van der Waals surface area contributed by atoms with E-state index in [4.69, 9.17) is 11.5 Å². The lowest BCUT2D eigenvalue weighted by Gasteiger charge is -2.01. The molecule has 4 nitrogen and oxygen atoms in total. The van der Waals surface area contributed by atoms with Crippen molar-refractivity contribution < 1.29 is 19.4 Å². The van der Waals surface area contributed by atoms with E-state index in [1.54, 1.807) is 12.2 Å². The number of hydrogen-bond acceptors (Lipinski definition) is 3. The van der Waals surface area contributed by atoms with Gasteiger partial charge in [0.25, 0.3) is 0 Å². The van der Waals surface area contributed by atoms with Crippen molar-refractivity contribution >= 4 is 20.0 Å². The number of unbranched alkanes of at least 4 members (excludes halogenated alkanes) is 2. The van der Waals surface area contributed by atoms with Gasteiger partial charge in [-0.25, -0.2) is 9.59 Å². The third kappa shape index (κ3) is 28.0. The van der Waals surface area contributed by atoms with Crippen LogP contribution < -0.4 is 0 Å². The first-order valence-corrected chi connectivity index (χ1v) is 11.8. The van der Waals surface area contributed by atoms with Crippen molar-refractivity contribution in [1.82, 2.24) is 0 Å². The van der Waals surface area contributed by atoms with Crippen LogP contribution in [0.25, 0.3) is 0 Å². The molecule has 0 saturated heterocycles. The molecule has 0 radical (unpaired) electrons. The van der Waals surface area contributed by atoms with Gasteiger partial charge in [0.05, 0.1) is 7.11 Å². The molecule has 0 amide bonds. The fourth-order valence-corrected chi connectivity index (χ4v) is 1.62. The third-order valence-electron chi connectivity index (χ3n) is 2.34. The van der Waals surface area contributed by atoms with Crippen molar-refractivity contribution in [3.63, 3.8) is 0 Å². The number of carboxylic acids is 1. The van der Waals surface area contributed by atoms with E-state index in [0.717, 1.165) is 12.5 Å².